The summed E-state index contributed by atoms with van der Waals surface area (Å²) >= 11 is 0. The summed E-state index contributed by atoms with van der Waals surface area (Å²) in [6.45, 7) is 6.85. The van der Waals surface area contributed by atoms with Crippen LogP contribution in [0.5, 0.6) is 0 Å². The fourth-order valence-corrected chi connectivity index (χ4v) is 1.01. The van der Waals surface area contributed by atoms with Crippen molar-refractivity contribution in [2.45, 2.75) is 0 Å². The predicted molar refractivity (Wildman–Crippen MR) is 52.4 cm³/mol. The van der Waals surface area contributed by atoms with E-state index in [9.17, 15) is 0 Å². The van der Waals surface area contributed by atoms with Crippen molar-refractivity contribution >= 4 is 0 Å². The van der Waals surface area contributed by atoms with Crippen molar-refractivity contribution in [3.8, 4) is 0 Å². The van der Waals surface area contributed by atoms with Gasteiger partial charge < -0.3 is 21.3 Å². The van der Waals surface area contributed by atoms with Gasteiger partial charge in [0.05, 0.1) is 0 Å². The predicted octanol–water partition coefficient (Wildman–Crippen LogP) is 1.49. The van der Waals surface area contributed by atoms with E-state index in [0.29, 0.717) is 0 Å². The molecule has 4 nitrogen and oxygen atoms in total. The van der Waals surface area contributed by atoms with Crippen molar-refractivity contribution in [1.82, 2.24) is 0 Å². The molecule has 0 bridgehead atoms. The maximum absolute atomic E-state index is 4.29. The number of hydrogen-bond acceptors (Lipinski definition) is 0. The molecule has 0 radical (unpaired) electrons. The van der Waals surface area contributed by atoms with Crippen LogP contribution in [0.15, 0.2) is 0 Å². The van der Waals surface area contributed by atoms with E-state index in [0.717, 1.165) is 52.4 Å². The minimum atomic E-state index is 0. The summed E-state index contributed by atoms with van der Waals surface area (Å²) in [5.41, 5.74) is 0. The number of rotatable bonds is 0. The van der Waals surface area contributed by atoms with Crippen LogP contribution in [-0.4, -0.2) is 52.4 Å². The van der Waals surface area contributed by atoms with Crippen LogP contribution in [0, 0.1) is 0 Å². The van der Waals surface area contributed by atoms with Gasteiger partial charge in [0, 0.05) is 0 Å². The molecule has 0 aromatic rings. The van der Waals surface area contributed by atoms with Crippen LogP contribution >= 0.6 is 0 Å². The molecule has 1 heterocycles. The second kappa shape index (κ2) is 14.1. The van der Waals surface area contributed by atoms with E-state index in [1.54, 1.807) is 0 Å². The summed E-state index contributed by atoms with van der Waals surface area (Å²) in [7, 11) is 0. The van der Waals surface area contributed by atoms with E-state index in [4.69, 9.17) is 0 Å². The quantitative estimate of drug-likeness (QED) is 0.609. The first kappa shape index (κ1) is 17.5. The zero-order valence-electron chi connectivity index (χ0n) is 8.86. The van der Waals surface area contributed by atoms with Gasteiger partial charge in [-0.1, -0.05) is 0 Å². The Hall–Kier alpha value is 1.09. The van der Waals surface area contributed by atoms with Crippen LogP contribution in [0.25, 0.3) is 21.3 Å². The second-order valence-corrected chi connectivity index (χ2v) is 2.68. The Morgan fingerprint density at radius 3 is 0.643 bits per heavy atom. The summed E-state index contributed by atoms with van der Waals surface area (Å²) in [5, 5.41) is 17.1. The Balaban J connectivity index is 0. The Bertz CT molecular complexity index is 62.3. The monoisotopic (exact) mass is 296 g/mol. The van der Waals surface area contributed by atoms with E-state index in [1.165, 1.54) is 0 Å². The van der Waals surface area contributed by atoms with Gasteiger partial charge in [0.2, 0.25) is 0 Å². The normalized spacial score (nSPS) is 20.6. The summed E-state index contributed by atoms with van der Waals surface area (Å²) < 4.78 is 0. The molecule has 72 valence electrons. The minimum Gasteiger partial charge on any atom is -0.665 e. The summed E-state index contributed by atoms with van der Waals surface area (Å²) in [4.78, 5) is 0. The Labute approximate surface area is 112 Å². The largest absolute Gasteiger partial charge is 2.00 e. The van der Waals surface area contributed by atoms with Gasteiger partial charge in [0.15, 0.2) is 0 Å². The maximum atomic E-state index is 4.29. The average Bonchev–Trinajstić information content (AvgIpc) is 2.05. The third-order valence-corrected chi connectivity index (χ3v) is 1.66. The molecule has 0 spiro atoms. The maximum Gasteiger partial charge on any atom is 2.00 e. The smallest absolute Gasteiger partial charge is 0.665 e. The SMILES string of the molecule is C1C[N-]CC[N-]CC[N-]CC[N-]1.[Zn+2].[Zn+2]. The van der Waals surface area contributed by atoms with E-state index in [1.807, 2.05) is 0 Å². The summed E-state index contributed by atoms with van der Waals surface area (Å²) in [5.74, 6) is 0. The summed E-state index contributed by atoms with van der Waals surface area (Å²) in [6.07, 6.45) is 0. The standard InChI is InChI=1S/C8H16N4.2Zn/c1-2-10-5-6-12-8-7-11-4-3-9-1;;/h1-8H2;;/q-4;2*+2. The molecule has 6 heteroatoms. The topological polar surface area (TPSA) is 56.4 Å². The van der Waals surface area contributed by atoms with Gasteiger partial charge >= 0.3 is 39.0 Å². The first-order valence-electron chi connectivity index (χ1n) is 4.53. The zero-order chi connectivity index (χ0) is 8.49. The molecule has 1 rings (SSSR count). The molecule has 14 heavy (non-hydrogen) atoms. The van der Waals surface area contributed by atoms with E-state index < -0.39 is 0 Å². The third-order valence-electron chi connectivity index (χ3n) is 1.66. The van der Waals surface area contributed by atoms with Crippen LogP contribution in [-0.2, 0) is 39.0 Å². The van der Waals surface area contributed by atoms with Gasteiger partial charge in [0.25, 0.3) is 0 Å². The van der Waals surface area contributed by atoms with Crippen molar-refractivity contribution in [3.05, 3.63) is 21.3 Å². The Morgan fingerprint density at radius 1 is 0.357 bits per heavy atom. The molecule has 0 unspecified atom stereocenters. The molecule has 0 aliphatic carbocycles. The fraction of sp³-hybridized carbons (Fsp3) is 1.00. The van der Waals surface area contributed by atoms with Crippen molar-refractivity contribution in [2.75, 3.05) is 52.4 Å². The first-order chi connectivity index (χ1) is 6.00. The van der Waals surface area contributed by atoms with Crippen LogP contribution < -0.4 is 0 Å². The fourth-order valence-electron chi connectivity index (χ4n) is 1.01. The Kier molecular flexibility index (Phi) is 17.6. The van der Waals surface area contributed by atoms with Gasteiger partial charge in [-0.05, 0) is 0 Å². The van der Waals surface area contributed by atoms with Gasteiger partial charge in [-0.2, -0.15) is 52.4 Å². The molecule has 1 aliphatic heterocycles. The van der Waals surface area contributed by atoms with Crippen molar-refractivity contribution in [1.29, 1.82) is 0 Å². The number of hydrogen-bond donors (Lipinski definition) is 0. The van der Waals surface area contributed by atoms with Gasteiger partial charge in [-0.3, -0.25) is 0 Å². The average molecular weight is 299 g/mol. The molecule has 0 N–H and O–H groups in total. The van der Waals surface area contributed by atoms with Crippen LogP contribution in [0.3, 0.4) is 0 Å². The summed E-state index contributed by atoms with van der Waals surface area (Å²) in [6, 6.07) is 0. The van der Waals surface area contributed by atoms with Gasteiger partial charge in [-0.15, -0.1) is 0 Å². The van der Waals surface area contributed by atoms with Crippen LogP contribution in [0.4, 0.5) is 0 Å². The Morgan fingerprint density at radius 2 is 0.500 bits per heavy atom. The zero-order valence-corrected chi connectivity index (χ0v) is 14.8. The van der Waals surface area contributed by atoms with E-state index >= 15 is 0 Å². The van der Waals surface area contributed by atoms with Crippen LogP contribution in [0.1, 0.15) is 0 Å². The third kappa shape index (κ3) is 11.2. The van der Waals surface area contributed by atoms with Crippen molar-refractivity contribution in [3.63, 3.8) is 0 Å². The molecule has 0 saturated carbocycles. The van der Waals surface area contributed by atoms with Crippen LogP contribution in [0.2, 0.25) is 0 Å². The molecule has 0 amide bonds. The van der Waals surface area contributed by atoms with Crippen molar-refractivity contribution < 1.29 is 39.0 Å². The molecule has 1 aliphatic rings. The first-order valence-corrected chi connectivity index (χ1v) is 4.53. The molecular formula is C8H16N4Zn2. The molecule has 0 atom stereocenters. The van der Waals surface area contributed by atoms with E-state index in [2.05, 4.69) is 21.3 Å². The van der Waals surface area contributed by atoms with Gasteiger partial charge in [-0.25, -0.2) is 0 Å². The van der Waals surface area contributed by atoms with E-state index in [-0.39, 0.29) is 39.0 Å². The molecule has 0 aromatic carbocycles. The second-order valence-electron chi connectivity index (χ2n) is 2.68. The molecule has 1 saturated heterocycles. The minimum absolute atomic E-state index is 0. The molecule has 0 aromatic heterocycles. The molecule has 1 fully saturated rings. The van der Waals surface area contributed by atoms with Gasteiger partial charge in [0.1, 0.15) is 0 Å². The van der Waals surface area contributed by atoms with Crippen molar-refractivity contribution in [2.24, 2.45) is 0 Å². The number of nitrogens with zero attached hydrogens (tertiary/aromatic N) is 4. The molecular weight excluding hydrogens is 283 g/mol.